The Balaban J connectivity index is 0.000000283. The highest BCUT2D eigenvalue weighted by atomic mass is 19.1. The van der Waals surface area contributed by atoms with Gasteiger partial charge in [0.15, 0.2) is 0 Å². The number of para-hydroxylation sites is 4. The van der Waals surface area contributed by atoms with E-state index in [1.165, 1.54) is 0 Å². The molecule has 0 atom stereocenters. The molecule has 0 amide bonds. The zero-order chi connectivity index (χ0) is 14.0. The minimum Gasteiger partial charge on any atom is -0.506 e. The van der Waals surface area contributed by atoms with Gasteiger partial charge in [0.05, 0.1) is 18.6 Å². The summed E-state index contributed by atoms with van der Waals surface area (Å²) in [5, 5.41) is 17.6. The Morgan fingerprint density at radius 2 is 1.00 bits per heavy atom. The van der Waals surface area contributed by atoms with E-state index >= 15 is 0 Å². The fourth-order valence-corrected chi connectivity index (χ4v) is 0.975. The molecule has 98 valence electrons. The molecule has 0 aliphatic heterocycles. The zero-order valence-electron chi connectivity index (χ0n) is 10.0. The first-order valence-corrected chi connectivity index (χ1v) is 5.06. The van der Waals surface area contributed by atoms with Crippen molar-refractivity contribution < 1.29 is 14.6 Å². The Bertz CT molecular complexity index is 379. The number of rotatable bonds is 0. The summed E-state index contributed by atoms with van der Waals surface area (Å²) in [6, 6.07) is 13.4. The highest BCUT2D eigenvalue weighted by Crippen LogP contribution is 2.16. The second kappa shape index (κ2) is 8.69. The second-order valence-corrected chi connectivity index (χ2v) is 3.12. The van der Waals surface area contributed by atoms with Gasteiger partial charge in [-0.3, -0.25) is 4.39 Å². The van der Waals surface area contributed by atoms with E-state index in [0.29, 0.717) is 18.6 Å². The molecule has 0 fully saturated rings. The van der Waals surface area contributed by atoms with E-state index in [1.807, 2.05) is 0 Å². The predicted molar refractivity (Wildman–Crippen MR) is 72.1 cm³/mol. The number of aromatic hydroxyl groups is 2. The summed E-state index contributed by atoms with van der Waals surface area (Å²) < 4.78 is 9.50. The van der Waals surface area contributed by atoms with Crippen LogP contribution < -0.4 is 11.5 Å². The number of benzene rings is 2. The number of nitrogen functional groups attached to an aromatic ring is 2. The lowest BCUT2D eigenvalue weighted by Gasteiger charge is -1.92. The number of phenolic OH excluding ortho intramolecular Hbond substituents is 2. The van der Waals surface area contributed by atoms with Gasteiger partial charge in [-0.1, -0.05) is 24.3 Å². The minimum absolute atomic E-state index is 0.146. The van der Waals surface area contributed by atoms with Crippen molar-refractivity contribution in [2.75, 3.05) is 18.6 Å². The Kier molecular flexibility index (Phi) is 7.52. The predicted octanol–water partition coefficient (Wildman–Crippen LogP) is 2.53. The molecule has 0 aliphatic rings. The monoisotopic (exact) mass is 252 g/mol. The molecule has 0 spiro atoms. The Morgan fingerprint density at radius 3 is 1.17 bits per heavy atom. The molecule has 2 aromatic rings. The molecule has 4 nitrogen and oxygen atoms in total. The van der Waals surface area contributed by atoms with Crippen molar-refractivity contribution in [3.63, 3.8) is 0 Å². The summed E-state index contributed by atoms with van der Waals surface area (Å²) in [4.78, 5) is 0. The molecule has 18 heavy (non-hydrogen) atoms. The lowest BCUT2D eigenvalue weighted by Crippen LogP contribution is -1.82. The fourth-order valence-electron chi connectivity index (χ4n) is 0.975. The molecule has 0 bridgehead atoms. The van der Waals surface area contributed by atoms with E-state index in [9.17, 15) is 4.39 Å². The normalized spacial score (nSPS) is 8.33. The average molecular weight is 252 g/mol. The summed E-state index contributed by atoms with van der Waals surface area (Å²) in [6.45, 7) is 0. The maximum absolute atomic E-state index is 9.50. The molecule has 0 aromatic heterocycles. The third-order valence-electron chi connectivity index (χ3n) is 1.87. The van der Waals surface area contributed by atoms with Crippen LogP contribution in [0.15, 0.2) is 48.5 Å². The van der Waals surface area contributed by atoms with Crippen LogP contribution in [0, 0.1) is 0 Å². The van der Waals surface area contributed by atoms with Crippen LogP contribution in [0.1, 0.15) is 0 Å². The molecule has 2 rings (SSSR count). The van der Waals surface area contributed by atoms with Crippen LogP contribution in [-0.4, -0.2) is 17.4 Å². The van der Waals surface area contributed by atoms with Crippen LogP contribution in [0.4, 0.5) is 15.8 Å². The topological polar surface area (TPSA) is 92.5 Å². The summed E-state index contributed by atoms with van der Waals surface area (Å²) in [6.07, 6.45) is 0. The minimum atomic E-state index is 0.146. The van der Waals surface area contributed by atoms with Crippen LogP contribution >= 0.6 is 0 Å². The molecule has 0 saturated heterocycles. The van der Waals surface area contributed by atoms with Crippen LogP contribution in [-0.2, 0) is 0 Å². The number of anilines is 2. The first kappa shape index (κ1) is 15.6. The van der Waals surface area contributed by atoms with E-state index in [-0.39, 0.29) is 11.5 Å². The standard InChI is InChI=1S/2C6H7NO.CH3F/c2*7-5-3-1-2-4-6(5)8;1-2/h2*1-4,8H,7H2;1H3. The number of phenols is 2. The fraction of sp³-hybridized carbons (Fsp3) is 0.0769. The molecule has 0 saturated carbocycles. The lowest BCUT2D eigenvalue weighted by molar-refractivity contribution is 0.477. The van der Waals surface area contributed by atoms with Gasteiger partial charge >= 0.3 is 0 Å². The number of halogens is 1. The number of alkyl halides is 1. The first-order valence-electron chi connectivity index (χ1n) is 5.06. The van der Waals surface area contributed by atoms with E-state index < -0.39 is 0 Å². The molecule has 0 radical (unpaired) electrons. The highest BCUT2D eigenvalue weighted by Gasteiger charge is 1.88. The number of nitrogens with two attached hydrogens (primary N) is 2. The van der Waals surface area contributed by atoms with Crippen molar-refractivity contribution in [3.8, 4) is 11.5 Å². The zero-order valence-corrected chi connectivity index (χ0v) is 10.0. The molecular formula is C13H17FN2O2. The van der Waals surface area contributed by atoms with Crippen molar-refractivity contribution in [2.24, 2.45) is 0 Å². The average Bonchev–Trinajstić information content (AvgIpc) is 2.40. The Morgan fingerprint density at radius 1 is 0.722 bits per heavy atom. The first-order chi connectivity index (χ1) is 8.61. The largest absolute Gasteiger partial charge is 0.506 e. The second-order valence-electron chi connectivity index (χ2n) is 3.12. The van der Waals surface area contributed by atoms with Gasteiger partial charge in [0.2, 0.25) is 0 Å². The summed E-state index contributed by atoms with van der Waals surface area (Å²) >= 11 is 0. The van der Waals surface area contributed by atoms with Crippen LogP contribution in [0.5, 0.6) is 11.5 Å². The van der Waals surface area contributed by atoms with Crippen molar-refractivity contribution in [3.05, 3.63) is 48.5 Å². The Labute approximate surface area is 105 Å². The van der Waals surface area contributed by atoms with Crippen molar-refractivity contribution in [1.82, 2.24) is 0 Å². The SMILES string of the molecule is CF.Nc1ccccc1O.Nc1ccccc1O. The van der Waals surface area contributed by atoms with Gasteiger partial charge in [-0.15, -0.1) is 0 Å². The van der Waals surface area contributed by atoms with Gasteiger partial charge in [-0.25, -0.2) is 0 Å². The molecule has 0 aliphatic carbocycles. The van der Waals surface area contributed by atoms with E-state index in [4.69, 9.17) is 21.7 Å². The van der Waals surface area contributed by atoms with E-state index in [0.717, 1.165) is 0 Å². The van der Waals surface area contributed by atoms with Crippen molar-refractivity contribution in [2.45, 2.75) is 0 Å². The molecule has 5 heteroatoms. The van der Waals surface area contributed by atoms with Gasteiger partial charge in [-0.2, -0.15) is 0 Å². The summed E-state index contributed by atoms with van der Waals surface area (Å²) in [5.74, 6) is 0.292. The van der Waals surface area contributed by atoms with Gasteiger partial charge in [0.1, 0.15) is 11.5 Å². The van der Waals surface area contributed by atoms with Gasteiger partial charge in [0.25, 0.3) is 0 Å². The van der Waals surface area contributed by atoms with Crippen molar-refractivity contribution in [1.29, 1.82) is 0 Å². The molecular weight excluding hydrogens is 235 g/mol. The molecule has 2 aromatic carbocycles. The summed E-state index contributed by atoms with van der Waals surface area (Å²) in [7, 11) is 0.500. The quantitative estimate of drug-likeness (QED) is 0.428. The maximum atomic E-state index is 9.50. The molecule has 0 heterocycles. The van der Waals surface area contributed by atoms with E-state index in [1.54, 1.807) is 48.5 Å². The van der Waals surface area contributed by atoms with Crippen LogP contribution in [0.3, 0.4) is 0 Å². The third kappa shape index (κ3) is 5.60. The van der Waals surface area contributed by atoms with Gasteiger partial charge in [-0.05, 0) is 24.3 Å². The lowest BCUT2D eigenvalue weighted by atomic mass is 10.3. The van der Waals surface area contributed by atoms with Crippen LogP contribution in [0.25, 0.3) is 0 Å². The van der Waals surface area contributed by atoms with Gasteiger partial charge < -0.3 is 21.7 Å². The molecule has 6 N–H and O–H groups in total. The Hall–Kier alpha value is -2.43. The van der Waals surface area contributed by atoms with Crippen molar-refractivity contribution >= 4 is 11.4 Å². The molecule has 0 unspecified atom stereocenters. The van der Waals surface area contributed by atoms with E-state index in [2.05, 4.69) is 0 Å². The third-order valence-corrected chi connectivity index (χ3v) is 1.87. The van der Waals surface area contributed by atoms with Crippen LogP contribution in [0.2, 0.25) is 0 Å². The maximum Gasteiger partial charge on any atom is 0.138 e. The smallest absolute Gasteiger partial charge is 0.138 e. The van der Waals surface area contributed by atoms with Gasteiger partial charge in [0, 0.05) is 0 Å². The number of hydrogen-bond acceptors (Lipinski definition) is 4. The number of hydrogen-bond donors (Lipinski definition) is 4. The summed E-state index contributed by atoms with van der Waals surface area (Å²) in [5.41, 5.74) is 11.4. The highest BCUT2D eigenvalue weighted by molar-refractivity contribution is 5.51.